The third kappa shape index (κ3) is 4.85. The Hall–Kier alpha value is -4.07. The number of carbonyl (C=O) groups excluding carboxylic acids is 1. The van der Waals surface area contributed by atoms with Crippen LogP contribution in [-0.4, -0.2) is 32.6 Å². The van der Waals surface area contributed by atoms with Gasteiger partial charge in [-0.2, -0.15) is 10.2 Å². The zero-order valence-corrected chi connectivity index (χ0v) is 16.4. The van der Waals surface area contributed by atoms with E-state index < -0.39 is 0 Å². The summed E-state index contributed by atoms with van der Waals surface area (Å²) < 4.78 is 14.2. The van der Waals surface area contributed by atoms with Crippen LogP contribution in [0.15, 0.2) is 79.3 Å². The Morgan fingerprint density at radius 1 is 1.00 bits per heavy atom. The highest BCUT2D eigenvalue weighted by molar-refractivity contribution is 6.02. The second-order valence-corrected chi connectivity index (χ2v) is 6.55. The van der Waals surface area contributed by atoms with Crippen LogP contribution in [-0.2, 0) is 13.3 Å². The highest BCUT2D eigenvalue weighted by Gasteiger charge is 2.10. The van der Waals surface area contributed by atoms with E-state index in [1.54, 1.807) is 30.3 Å². The summed E-state index contributed by atoms with van der Waals surface area (Å²) in [5.74, 6) is 1.16. The molecular formula is C22H21N5O3. The molecule has 4 rings (SSSR count). The minimum atomic E-state index is -0.283. The van der Waals surface area contributed by atoms with Crippen LogP contribution in [0.2, 0.25) is 0 Å². The number of nitrogens with one attached hydrogen (secondary N) is 1. The van der Waals surface area contributed by atoms with E-state index in [0.29, 0.717) is 23.7 Å². The zero-order chi connectivity index (χ0) is 20.8. The van der Waals surface area contributed by atoms with Gasteiger partial charge in [-0.25, -0.2) is 4.68 Å². The molecule has 0 atom stereocenters. The lowest BCUT2D eigenvalue weighted by Crippen LogP contribution is -2.14. The predicted octanol–water partition coefficient (Wildman–Crippen LogP) is 3.43. The molecule has 0 fully saturated rings. The summed E-state index contributed by atoms with van der Waals surface area (Å²) in [6.07, 6.45) is 5.33. The van der Waals surface area contributed by atoms with Crippen molar-refractivity contribution in [1.29, 1.82) is 0 Å². The molecule has 2 heterocycles. The minimum absolute atomic E-state index is 0.193. The second-order valence-electron chi connectivity index (χ2n) is 6.55. The first-order chi connectivity index (χ1) is 14.7. The predicted molar refractivity (Wildman–Crippen MR) is 112 cm³/mol. The molecule has 152 valence electrons. The number of hydrogen-bond acceptors (Lipinski definition) is 5. The molecule has 0 unspecified atom stereocenters. The van der Waals surface area contributed by atoms with E-state index in [2.05, 4.69) is 15.5 Å². The lowest BCUT2D eigenvalue weighted by molar-refractivity contribution is 0.102. The Kier molecular flexibility index (Phi) is 5.75. The van der Waals surface area contributed by atoms with Gasteiger partial charge in [0.25, 0.3) is 5.91 Å². The van der Waals surface area contributed by atoms with E-state index in [4.69, 9.17) is 9.47 Å². The summed E-state index contributed by atoms with van der Waals surface area (Å²) in [4.78, 5) is 12.5. The van der Waals surface area contributed by atoms with E-state index >= 15 is 0 Å². The molecule has 8 heteroatoms. The van der Waals surface area contributed by atoms with Gasteiger partial charge in [0.2, 0.25) is 0 Å². The molecule has 0 saturated heterocycles. The van der Waals surface area contributed by atoms with Crippen LogP contribution in [0, 0.1) is 0 Å². The minimum Gasteiger partial charge on any atom is -0.497 e. The fourth-order valence-electron chi connectivity index (χ4n) is 2.89. The Bertz CT molecular complexity index is 1100. The van der Waals surface area contributed by atoms with Crippen LogP contribution in [0.1, 0.15) is 16.1 Å². The molecule has 0 aliphatic rings. The number of hydrogen-bond donors (Lipinski definition) is 1. The van der Waals surface area contributed by atoms with Gasteiger partial charge in [0.1, 0.15) is 11.5 Å². The molecule has 0 bridgehead atoms. The maximum atomic E-state index is 12.5. The van der Waals surface area contributed by atoms with Gasteiger partial charge < -0.3 is 14.8 Å². The summed E-state index contributed by atoms with van der Waals surface area (Å²) in [5.41, 5.74) is 2.05. The highest BCUT2D eigenvalue weighted by atomic mass is 16.5. The molecule has 0 aliphatic carbocycles. The van der Waals surface area contributed by atoms with Crippen molar-refractivity contribution in [2.24, 2.45) is 0 Å². The van der Waals surface area contributed by atoms with Gasteiger partial charge >= 0.3 is 0 Å². The van der Waals surface area contributed by atoms with Crippen molar-refractivity contribution in [3.05, 3.63) is 90.5 Å². The fraction of sp³-hybridized carbons (Fsp3) is 0.136. The SMILES string of the molecule is COc1ccc(OCn2ccc(C(=O)Nc3cccc(Cn4cccn4)c3)n2)cc1. The fourth-order valence-corrected chi connectivity index (χ4v) is 2.89. The highest BCUT2D eigenvalue weighted by Crippen LogP contribution is 2.17. The second kappa shape index (κ2) is 8.95. The van der Waals surface area contributed by atoms with Crippen molar-refractivity contribution in [2.45, 2.75) is 13.3 Å². The van der Waals surface area contributed by atoms with E-state index in [0.717, 1.165) is 11.3 Å². The monoisotopic (exact) mass is 403 g/mol. The molecule has 0 aliphatic heterocycles. The van der Waals surface area contributed by atoms with Crippen molar-refractivity contribution >= 4 is 11.6 Å². The van der Waals surface area contributed by atoms with Gasteiger partial charge in [-0.05, 0) is 54.1 Å². The van der Waals surface area contributed by atoms with E-state index in [1.807, 2.05) is 65.5 Å². The summed E-state index contributed by atoms with van der Waals surface area (Å²) in [7, 11) is 1.61. The average Bonchev–Trinajstić information content (AvgIpc) is 3.45. The number of carbonyl (C=O) groups is 1. The topological polar surface area (TPSA) is 83.2 Å². The maximum Gasteiger partial charge on any atom is 0.276 e. The van der Waals surface area contributed by atoms with Crippen molar-refractivity contribution in [2.75, 3.05) is 12.4 Å². The Balaban J connectivity index is 1.34. The largest absolute Gasteiger partial charge is 0.497 e. The normalized spacial score (nSPS) is 10.6. The molecule has 0 radical (unpaired) electrons. The van der Waals surface area contributed by atoms with E-state index in [-0.39, 0.29) is 12.6 Å². The molecule has 4 aromatic rings. The Morgan fingerprint density at radius 2 is 1.83 bits per heavy atom. The zero-order valence-electron chi connectivity index (χ0n) is 16.4. The number of ether oxygens (including phenoxy) is 2. The first kappa shape index (κ1) is 19.3. The molecular weight excluding hydrogens is 382 g/mol. The molecule has 0 spiro atoms. The van der Waals surface area contributed by atoms with Crippen LogP contribution < -0.4 is 14.8 Å². The molecule has 30 heavy (non-hydrogen) atoms. The lowest BCUT2D eigenvalue weighted by Gasteiger charge is -2.08. The third-order valence-electron chi connectivity index (χ3n) is 4.38. The molecule has 1 N–H and O–H groups in total. The molecule has 0 saturated carbocycles. The van der Waals surface area contributed by atoms with Crippen LogP contribution >= 0.6 is 0 Å². The van der Waals surface area contributed by atoms with E-state index in [1.165, 1.54) is 0 Å². The number of methoxy groups -OCH3 is 1. The summed E-state index contributed by atoms with van der Waals surface area (Å²) >= 11 is 0. The summed E-state index contributed by atoms with van der Waals surface area (Å²) in [5, 5.41) is 11.4. The number of benzene rings is 2. The van der Waals surface area contributed by atoms with Crippen molar-refractivity contribution < 1.29 is 14.3 Å². The molecule has 1 amide bonds. The number of nitrogens with zero attached hydrogens (tertiary/aromatic N) is 4. The smallest absolute Gasteiger partial charge is 0.276 e. The Labute approximate surface area is 173 Å². The van der Waals surface area contributed by atoms with Crippen LogP contribution in [0.5, 0.6) is 11.5 Å². The van der Waals surface area contributed by atoms with Crippen LogP contribution in [0.25, 0.3) is 0 Å². The molecule has 2 aromatic carbocycles. The van der Waals surface area contributed by atoms with Crippen molar-refractivity contribution in [3.8, 4) is 11.5 Å². The number of amides is 1. The van der Waals surface area contributed by atoms with E-state index in [9.17, 15) is 4.79 Å². The first-order valence-electron chi connectivity index (χ1n) is 9.37. The van der Waals surface area contributed by atoms with Crippen LogP contribution in [0.3, 0.4) is 0 Å². The lowest BCUT2D eigenvalue weighted by atomic mass is 10.2. The van der Waals surface area contributed by atoms with Gasteiger partial charge in [-0.1, -0.05) is 12.1 Å². The maximum absolute atomic E-state index is 12.5. The van der Waals surface area contributed by atoms with Crippen LogP contribution in [0.4, 0.5) is 5.69 Å². The number of aromatic nitrogens is 4. The first-order valence-corrected chi connectivity index (χ1v) is 9.37. The van der Waals surface area contributed by atoms with Gasteiger partial charge in [-0.15, -0.1) is 0 Å². The summed E-state index contributed by atoms with van der Waals surface area (Å²) in [6.45, 7) is 0.826. The number of rotatable bonds is 8. The number of anilines is 1. The Morgan fingerprint density at radius 3 is 2.60 bits per heavy atom. The quantitative estimate of drug-likeness (QED) is 0.487. The van der Waals surface area contributed by atoms with Gasteiger partial charge in [0.05, 0.1) is 13.7 Å². The van der Waals surface area contributed by atoms with Gasteiger partial charge in [-0.3, -0.25) is 9.48 Å². The van der Waals surface area contributed by atoms with Gasteiger partial charge in [0.15, 0.2) is 12.4 Å². The third-order valence-corrected chi connectivity index (χ3v) is 4.38. The van der Waals surface area contributed by atoms with Crippen molar-refractivity contribution in [3.63, 3.8) is 0 Å². The molecule has 8 nitrogen and oxygen atoms in total. The van der Waals surface area contributed by atoms with Crippen molar-refractivity contribution in [1.82, 2.24) is 19.6 Å². The molecule has 2 aromatic heterocycles. The summed E-state index contributed by atoms with van der Waals surface area (Å²) in [6, 6.07) is 18.4. The standard InChI is InChI=1S/C22H21N5O3/c1-29-19-6-8-20(9-7-19)30-16-27-13-10-21(25-27)22(28)24-18-5-2-4-17(14-18)15-26-12-3-11-23-26/h2-14H,15-16H2,1H3,(H,24,28). The van der Waals surface area contributed by atoms with Gasteiger partial charge in [0, 0.05) is 24.3 Å². The average molecular weight is 403 g/mol.